The van der Waals surface area contributed by atoms with Gasteiger partial charge in [0.05, 0.1) is 0 Å². The molecule has 1 rings (SSSR count). The summed E-state index contributed by atoms with van der Waals surface area (Å²) in [7, 11) is 0. The smallest absolute Gasteiger partial charge is 0.0247 e. The zero-order chi connectivity index (χ0) is 5.82. The van der Waals surface area contributed by atoms with E-state index in [1.807, 2.05) is 0 Å². The molecule has 1 aliphatic carbocycles. The van der Waals surface area contributed by atoms with Gasteiger partial charge in [0.2, 0.25) is 0 Å². The molecule has 0 radical (unpaired) electrons. The SMILES string of the molecule is CCC=C1C=CCC1. The summed E-state index contributed by atoms with van der Waals surface area (Å²) in [5.41, 5.74) is 1.52. The van der Waals surface area contributed by atoms with Crippen LogP contribution in [0, 0.1) is 0 Å². The normalized spacial score (nSPS) is 22.9. The van der Waals surface area contributed by atoms with Gasteiger partial charge in [0.25, 0.3) is 0 Å². The van der Waals surface area contributed by atoms with Crippen LogP contribution in [0.1, 0.15) is 26.2 Å². The van der Waals surface area contributed by atoms with Crippen molar-refractivity contribution in [3.05, 3.63) is 23.8 Å². The first-order chi connectivity index (χ1) is 3.93. The monoisotopic (exact) mass is 108 g/mol. The van der Waals surface area contributed by atoms with E-state index in [2.05, 4.69) is 25.2 Å². The number of hydrogen-bond acceptors (Lipinski definition) is 0. The predicted molar refractivity (Wildman–Crippen MR) is 36.7 cm³/mol. The van der Waals surface area contributed by atoms with Gasteiger partial charge in [0, 0.05) is 0 Å². The predicted octanol–water partition coefficient (Wildman–Crippen LogP) is 2.67. The molecule has 0 atom stereocenters. The van der Waals surface area contributed by atoms with E-state index in [0.29, 0.717) is 0 Å². The Balaban J connectivity index is 2.46. The van der Waals surface area contributed by atoms with Gasteiger partial charge >= 0.3 is 0 Å². The van der Waals surface area contributed by atoms with Crippen LogP contribution in [0.2, 0.25) is 0 Å². The fourth-order valence-electron chi connectivity index (χ4n) is 1.00. The van der Waals surface area contributed by atoms with Crippen molar-refractivity contribution in [2.75, 3.05) is 0 Å². The molecule has 0 spiro atoms. The highest BCUT2D eigenvalue weighted by atomic mass is 14.0. The van der Waals surface area contributed by atoms with E-state index < -0.39 is 0 Å². The Morgan fingerprint density at radius 2 is 2.62 bits per heavy atom. The van der Waals surface area contributed by atoms with Crippen LogP contribution in [0.15, 0.2) is 23.8 Å². The first kappa shape index (κ1) is 5.61. The molecule has 0 unspecified atom stereocenters. The van der Waals surface area contributed by atoms with E-state index in [-0.39, 0.29) is 0 Å². The molecule has 0 saturated heterocycles. The summed E-state index contributed by atoms with van der Waals surface area (Å²) >= 11 is 0. The van der Waals surface area contributed by atoms with E-state index in [1.165, 1.54) is 24.8 Å². The lowest BCUT2D eigenvalue weighted by atomic mass is 10.2. The first-order valence-corrected chi connectivity index (χ1v) is 3.29. The molecule has 0 aromatic rings. The standard InChI is InChI=1S/C8H12/c1-2-5-8-6-3-4-7-8/h3,5-6H,2,4,7H2,1H3. The quantitative estimate of drug-likeness (QED) is 0.484. The van der Waals surface area contributed by atoms with E-state index in [1.54, 1.807) is 0 Å². The Morgan fingerprint density at radius 3 is 3.12 bits per heavy atom. The van der Waals surface area contributed by atoms with Gasteiger partial charge in [-0.15, -0.1) is 0 Å². The molecule has 0 fully saturated rings. The van der Waals surface area contributed by atoms with Crippen molar-refractivity contribution in [2.45, 2.75) is 26.2 Å². The summed E-state index contributed by atoms with van der Waals surface area (Å²) in [4.78, 5) is 0. The highest BCUT2D eigenvalue weighted by Gasteiger charge is 1.95. The second-order valence-electron chi connectivity index (χ2n) is 2.13. The third kappa shape index (κ3) is 1.22. The van der Waals surface area contributed by atoms with E-state index in [9.17, 15) is 0 Å². The summed E-state index contributed by atoms with van der Waals surface area (Å²) in [6.45, 7) is 2.18. The van der Waals surface area contributed by atoms with Crippen molar-refractivity contribution in [3.8, 4) is 0 Å². The first-order valence-electron chi connectivity index (χ1n) is 3.29. The molecule has 0 amide bonds. The minimum absolute atomic E-state index is 1.18. The maximum absolute atomic E-state index is 2.30. The van der Waals surface area contributed by atoms with Gasteiger partial charge in [0.1, 0.15) is 0 Å². The minimum atomic E-state index is 1.18. The molecular weight excluding hydrogens is 96.1 g/mol. The zero-order valence-electron chi connectivity index (χ0n) is 5.35. The minimum Gasteiger partial charge on any atom is -0.0839 e. The van der Waals surface area contributed by atoms with Crippen molar-refractivity contribution >= 4 is 0 Å². The molecule has 0 saturated carbocycles. The summed E-state index contributed by atoms with van der Waals surface area (Å²) in [5.74, 6) is 0. The zero-order valence-corrected chi connectivity index (χ0v) is 5.35. The molecule has 0 nitrogen and oxygen atoms in total. The third-order valence-electron chi connectivity index (χ3n) is 1.40. The van der Waals surface area contributed by atoms with Gasteiger partial charge in [-0.05, 0) is 19.3 Å². The number of allylic oxidation sites excluding steroid dienone is 4. The van der Waals surface area contributed by atoms with Crippen LogP contribution in [0.25, 0.3) is 0 Å². The van der Waals surface area contributed by atoms with Crippen LogP contribution < -0.4 is 0 Å². The summed E-state index contributed by atoms with van der Waals surface area (Å²) in [6, 6.07) is 0. The van der Waals surface area contributed by atoms with Gasteiger partial charge < -0.3 is 0 Å². The van der Waals surface area contributed by atoms with Gasteiger partial charge in [-0.2, -0.15) is 0 Å². The van der Waals surface area contributed by atoms with Gasteiger partial charge in [-0.25, -0.2) is 0 Å². The topological polar surface area (TPSA) is 0 Å². The maximum Gasteiger partial charge on any atom is -0.0247 e. The highest BCUT2D eigenvalue weighted by molar-refractivity contribution is 5.23. The van der Waals surface area contributed by atoms with Gasteiger partial charge in [-0.1, -0.05) is 30.7 Å². The molecule has 0 bridgehead atoms. The molecule has 0 heteroatoms. The van der Waals surface area contributed by atoms with Crippen LogP contribution in [-0.4, -0.2) is 0 Å². The second-order valence-corrected chi connectivity index (χ2v) is 2.13. The highest BCUT2D eigenvalue weighted by Crippen LogP contribution is 2.15. The Labute approximate surface area is 50.9 Å². The second kappa shape index (κ2) is 2.71. The molecule has 44 valence electrons. The molecule has 0 heterocycles. The summed E-state index contributed by atoms with van der Waals surface area (Å²) < 4.78 is 0. The Bertz CT molecular complexity index is 118. The largest absolute Gasteiger partial charge is 0.0839 e. The Hall–Kier alpha value is -0.520. The summed E-state index contributed by atoms with van der Waals surface area (Å²) in [6.07, 6.45) is 10.5. The van der Waals surface area contributed by atoms with Crippen molar-refractivity contribution in [1.29, 1.82) is 0 Å². The van der Waals surface area contributed by atoms with Crippen molar-refractivity contribution < 1.29 is 0 Å². The van der Waals surface area contributed by atoms with E-state index in [4.69, 9.17) is 0 Å². The summed E-state index contributed by atoms with van der Waals surface area (Å²) in [5, 5.41) is 0. The number of rotatable bonds is 1. The van der Waals surface area contributed by atoms with Crippen molar-refractivity contribution in [3.63, 3.8) is 0 Å². The fraction of sp³-hybridized carbons (Fsp3) is 0.500. The molecule has 0 N–H and O–H groups in total. The lowest BCUT2D eigenvalue weighted by molar-refractivity contribution is 1.04. The molecule has 0 aliphatic heterocycles. The van der Waals surface area contributed by atoms with Crippen LogP contribution in [-0.2, 0) is 0 Å². The molecular formula is C8H12. The lowest BCUT2D eigenvalue weighted by Gasteiger charge is -1.87. The lowest BCUT2D eigenvalue weighted by Crippen LogP contribution is -1.67. The van der Waals surface area contributed by atoms with Crippen LogP contribution >= 0.6 is 0 Å². The third-order valence-corrected chi connectivity index (χ3v) is 1.40. The molecule has 8 heavy (non-hydrogen) atoms. The average molecular weight is 108 g/mol. The van der Waals surface area contributed by atoms with Crippen LogP contribution in [0.5, 0.6) is 0 Å². The van der Waals surface area contributed by atoms with Gasteiger partial charge in [-0.3, -0.25) is 0 Å². The van der Waals surface area contributed by atoms with Crippen LogP contribution in [0.4, 0.5) is 0 Å². The number of hydrogen-bond donors (Lipinski definition) is 0. The van der Waals surface area contributed by atoms with Gasteiger partial charge in [0.15, 0.2) is 0 Å². The van der Waals surface area contributed by atoms with Crippen molar-refractivity contribution in [2.24, 2.45) is 0 Å². The Kier molecular flexibility index (Phi) is 1.90. The fourth-order valence-corrected chi connectivity index (χ4v) is 1.00. The Morgan fingerprint density at radius 1 is 1.75 bits per heavy atom. The maximum atomic E-state index is 2.30. The average Bonchev–Trinajstić information content (AvgIpc) is 2.19. The molecule has 0 aromatic carbocycles. The van der Waals surface area contributed by atoms with Crippen molar-refractivity contribution in [1.82, 2.24) is 0 Å². The molecule has 0 aromatic heterocycles. The molecule has 1 aliphatic rings. The van der Waals surface area contributed by atoms with E-state index in [0.717, 1.165) is 0 Å². The van der Waals surface area contributed by atoms with Crippen LogP contribution in [0.3, 0.4) is 0 Å². The van der Waals surface area contributed by atoms with E-state index >= 15 is 0 Å².